The van der Waals surface area contributed by atoms with E-state index in [1.807, 2.05) is 38.1 Å². The van der Waals surface area contributed by atoms with Crippen molar-refractivity contribution in [1.82, 2.24) is 15.0 Å². The first-order valence-corrected chi connectivity index (χ1v) is 10.5. The summed E-state index contributed by atoms with van der Waals surface area (Å²) < 4.78 is 30.1. The van der Waals surface area contributed by atoms with Crippen LogP contribution in [-0.4, -0.2) is 74.7 Å². The van der Waals surface area contributed by atoms with Gasteiger partial charge in [-0.15, -0.1) is 0 Å². The number of aromatic nitrogens is 3. The van der Waals surface area contributed by atoms with Crippen LogP contribution >= 0.6 is 0 Å². The third-order valence-electron chi connectivity index (χ3n) is 4.70. The van der Waals surface area contributed by atoms with Crippen LogP contribution < -0.4 is 4.74 Å². The van der Waals surface area contributed by atoms with Crippen LogP contribution in [0.3, 0.4) is 0 Å². The van der Waals surface area contributed by atoms with E-state index in [0.29, 0.717) is 29.8 Å². The summed E-state index contributed by atoms with van der Waals surface area (Å²) in [5.41, 5.74) is 3.24. The van der Waals surface area contributed by atoms with Crippen molar-refractivity contribution in [1.29, 1.82) is 0 Å². The molecule has 150 valence electrons. The average Bonchev–Trinajstić information content (AvgIpc) is 3.14. The van der Waals surface area contributed by atoms with Gasteiger partial charge in [-0.3, -0.25) is 9.97 Å². The molecule has 0 bridgehead atoms. The summed E-state index contributed by atoms with van der Waals surface area (Å²) in [4.78, 5) is 11.9. The van der Waals surface area contributed by atoms with E-state index < -0.39 is 17.0 Å². The van der Waals surface area contributed by atoms with Gasteiger partial charge in [0.25, 0.3) is 0 Å². The van der Waals surface area contributed by atoms with Gasteiger partial charge in [-0.25, -0.2) is 0 Å². The molecule has 9 heteroatoms. The molecule has 2 aromatic heterocycles. The monoisotopic (exact) mass is 425 g/mol. The summed E-state index contributed by atoms with van der Waals surface area (Å²) in [6.07, 6.45) is 2.56. The number of rotatable bonds is 6. The van der Waals surface area contributed by atoms with Crippen LogP contribution in [0, 0.1) is 6.92 Å². The van der Waals surface area contributed by atoms with Crippen molar-refractivity contribution in [3.05, 3.63) is 47.8 Å². The standard InChI is InChI=1S/C20H23N3O4S.Na.H/c1-14-17(12-28(24)19-22-15-6-3-4-7-16(15)23-19)21-9-8-18(14)25-13-20(2)26-10-5-11-27-20;;/h3-4,6-9H,5,10-13H2,1-2H3,(H,22,23);;. The zero-order valence-corrected chi connectivity index (χ0v) is 16.8. The van der Waals surface area contributed by atoms with Crippen molar-refractivity contribution in [2.24, 2.45) is 0 Å². The van der Waals surface area contributed by atoms with E-state index in [9.17, 15) is 4.55 Å². The Balaban J connectivity index is 0.00000240. The minimum atomic E-state index is -1.34. The fourth-order valence-electron chi connectivity index (χ4n) is 3.06. The molecular weight excluding hydrogens is 401 g/mol. The molecular formula is C20H24N3NaO4S. The number of nitrogens with one attached hydrogen (secondary N) is 1. The number of para-hydroxylation sites is 2. The fraction of sp³-hybridized carbons (Fsp3) is 0.400. The molecule has 1 unspecified atom stereocenters. The molecule has 1 aromatic carbocycles. The van der Waals surface area contributed by atoms with E-state index >= 15 is 0 Å². The summed E-state index contributed by atoms with van der Waals surface area (Å²) in [7, 11) is 0. The molecule has 0 saturated carbocycles. The fourth-order valence-corrected chi connectivity index (χ4v) is 4.16. The van der Waals surface area contributed by atoms with Crippen molar-refractivity contribution in [3.8, 4) is 5.75 Å². The van der Waals surface area contributed by atoms with Crippen LogP contribution in [-0.2, 0) is 26.4 Å². The Bertz CT molecular complexity index is 929. The number of imidazole rings is 1. The first-order valence-electron chi connectivity index (χ1n) is 9.22. The SMILES string of the molecule is Cc1c(OCC2(C)OCCCO2)ccnc1C[S+]([O-])c1nc2ccccc2[nH]1.[NaH]. The molecule has 1 N–H and O–H groups in total. The van der Waals surface area contributed by atoms with Crippen LogP contribution in [0.4, 0.5) is 0 Å². The first-order chi connectivity index (χ1) is 13.5. The normalized spacial score (nSPS) is 16.9. The van der Waals surface area contributed by atoms with E-state index in [-0.39, 0.29) is 41.9 Å². The third-order valence-corrected chi connectivity index (χ3v) is 5.86. The number of aromatic amines is 1. The minimum absolute atomic E-state index is 0. The van der Waals surface area contributed by atoms with Gasteiger partial charge in [0.05, 0.1) is 29.9 Å². The van der Waals surface area contributed by atoms with Crippen molar-refractivity contribution in [3.63, 3.8) is 0 Å². The number of benzene rings is 1. The second-order valence-corrected chi connectivity index (χ2v) is 8.27. The molecule has 4 rings (SSSR count). The summed E-state index contributed by atoms with van der Waals surface area (Å²) in [5, 5.41) is 0.449. The number of fused-ring (bicyclic) bond motifs is 1. The molecule has 0 aliphatic carbocycles. The van der Waals surface area contributed by atoms with Gasteiger partial charge in [0.15, 0.2) is 11.5 Å². The quantitative estimate of drug-likeness (QED) is 0.482. The summed E-state index contributed by atoms with van der Waals surface area (Å²) in [6.45, 7) is 5.40. The Kier molecular flexibility index (Phi) is 7.61. The van der Waals surface area contributed by atoms with E-state index in [0.717, 1.165) is 23.0 Å². The molecule has 1 atom stereocenters. The number of hydrogen-bond donors (Lipinski definition) is 1. The molecule has 1 fully saturated rings. The molecule has 1 aliphatic rings. The van der Waals surface area contributed by atoms with Gasteiger partial charge in [-0.05, 0) is 38.5 Å². The maximum absolute atomic E-state index is 12.8. The topological polar surface area (TPSA) is 92.3 Å². The van der Waals surface area contributed by atoms with E-state index in [1.54, 1.807) is 12.3 Å². The second kappa shape index (κ2) is 9.78. The van der Waals surface area contributed by atoms with E-state index in [4.69, 9.17) is 14.2 Å². The van der Waals surface area contributed by atoms with Crippen LogP contribution in [0.5, 0.6) is 5.75 Å². The summed E-state index contributed by atoms with van der Waals surface area (Å²) in [5.74, 6) is 0.198. The second-order valence-electron chi connectivity index (χ2n) is 6.90. The molecule has 0 amide bonds. The Morgan fingerprint density at radius 3 is 2.76 bits per heavy atom. The predicted molar refractivity (Wildman–Crippen MR) is 113 cm³/mol. The van der Waals surface area contributed by atoms with E-state index in [2.05, 4.69) is 15.0 Å². The average molecular weight is 425 g/mol. The van der Waals surface area contributed by atoms with Gasteiger partial charge in [0.1, 0.15) is 12.4 Å². The van der Waals surface area contributed by atoms with Crippen LogP contribution in [0.1, 0.15) is 24.6 Å². The summed E-state index contributed by atoms with van der Waals surface area (Å²) in [6, 6.07) is 9.43. The predicted octanol–water partition coefficient (Wildman–Crippen LogP) is 2.46. The van der Waals surface area contributed by atoms with Gasteiger partial charge in [0.2, 0.25) is 0 Å². The molecule has 3 aromatic rings. The molecule has 0 radical (unpaired) electrons. The number of ether oxygens (including phenoxy) is 3. The van der Waals surface area contributed by atoms with Gasteiger partial charge in [-0.2, -0.15) is 4.98 Å². The van der Waals surface area contributed by atoms with Gasteiger partial charge in [0, 0.05) is 22.9 Å². The molecule has 1 saturated heterocycles. The Hall–Kier alpha value is -1.13. The van der Waals surface area contributed by atoms with Gasteiger partial charge < -0.3 is 18.8 Å². The Labute approximate surface area is 195 Å². The molecule has 29 heavy (non-hydrogen) atoms. The van der Waals surface area contributed by atoms with Gasteiger partial charge >= 0.3 is 34.7 Å². The van der Waals surface area contributed by atoms with Crippen molar-refractivity contribution in [2.75, 3.05) is 19.8 Å². The molecule has 7 nitrogen and oxygen atoms in total. The summed E-state index contributed by atoms with van der Waals surface area (Å²) >= 11 is -1.34. The first kappa shape index (κ1) is 22.6. The molecule has 1 aliphatic heterocycles. The van der Waals surface area contributed by atoms with Gasteiger partial charge in [-0.1, -0.05) is 12.1 Å². The maximum atomic E-state index is 12.8. The Morgan fingerprint density at radius 2 is 2.00 bits per heavy atom. The number of nitrogens with zero attached hydrogens (tertiary/aromatic N) is 2. The molecule has 0 spiro atoms. The van der Waals surface area contributed by atoms with Crippen LogP contribution in [0.15, 0.2) is 41.7 Å². The van der Waals surface area contributed by atoms with Crippen molar-refractivity contribution >= 4 is 51.8 Å². The van der Waals surface area contributed by atoms with Crippen molar-refractivity contribution < 1.29 is 18.8 Å². The van der Waals surface area contributed by atoms with E-state index in [1.165, 1.54) is 0 Å². The zero-order valence-electron chi connectivity index (χ0n) is 15.9. The third kappa shape index (κ3) is 5.32. The van der Waals surface area contributed by atoms with Crippen LogP contribution in [0.25, 0.3) is 11.0 Å². The zero-order chi connectivity index (χ0) is 19.6. The number of H-pyrrole nitrogens is 1. The Morgan fingerprint density at radius 1 is 1.24 bits per heavy atom. The number of pyridine rings is 1. The van der Waals surface area contributed by atoms with Crippen LogP contribution in [0.2, 0.25) is 0 Å². The number of hydrogen-bond acceptors (Lipinski definition) is 6. The van der Waals surface area contributed by atoms with Crippen molar-refractivity contribution in [2.45, 2.75) is 37.0 Å². The molecule has 3 heterocycles.